The lowest BCUT2D eigenvalue weighted by Gasteiger charge is -1.73. The Kier molecular flexibility index (Phi) is 0.993. The predicted molar refractivity (Wildman–Crippen MR) is 39.4 cm³/mol. The quantitative estimate of drug-likeness (QED) is 0.510. The van der Waals surface area contributed by atoms with Crippen LogP contribution in [0.3, 0.4) is 0 Å². The van der Waals surface area contributed by atoms with E-state index in [1.807, 2.05) is 0 Å². The van der Waals surface area contributed by atoms with Crippen LogP contribution in [0.4, 0.5) is 0 Å². The molecule has 0 unspecified atom stereocenters. The number of H-pyrrole nitrogens is 1. The summed E-state index contributed by atoms with van der Waals surface area (Å²) in [6.45, 7) is 0. The summed E-state index contributed by atoms with van der Waals surface area (Å²) in [5.74, 6) is 1.36. The van der Waals surface area contributed by atoms with Gasteiger partial charge in [0, 0.05) is 12.4 Å². The second-order valence-electron chi connectivity index (χ2n) is 1.82. The van der Waals surface area contributed by atoms with E-state index in [1.165, 1.54) is 0 Å². The van der Waals surface area contributed by atoms with Crippen molar-refractivity contribution >= 4 is 18.3 Å². The Morgan fingerprint density at radius 2 is 2.50 bits per heavy atom. The second kappa shape index (κ2) is 1.93. The summed E-state index contributed by atoms with van der Waals surface area (Å²) in [5.41, 5.74) is 0. The first-order chi connectivity index (χ1) is 4.97. The number of aromatic nitrogens is 2. The van der Waals surface area contributed by atoms with Crippen LogP contribution in [0.25, 0.3) is 0 Å². The molecule has 0 radical (unpaired) electrons. The molecule has 0 saturated carbocycles. The topological polar surface area (TPSA) is 55.1 Å². The van der Waals surface area contributed by atoms with E-state index in [2.05, 4.69) is 19.6 Å². The maximum absolute atomic E-state index is 3.98. The molecule has 0 spiro atoms. The monoisotopic (exact) mass is 133 g/mol. The summed E-state index contributed by atoms with van der Waals surface area (Å²) >= 11 is 0. The van der Waals surface area contributed by atoms with Crippen molar-refractivity contribution in [2.45, 2.75) is 0 Å². The average molecular weight is 133 g/mol. The Balaban J connectivity index is 2.47. The number of nitrogens with one attached hydrogen (secondary N) is 1. The van der Waals surface area contributed by atoms with E-state index < -0.39 is 0 Å². The molecule has 0 saturated heterocycles. The smallest absolute Gasteiger partial charge is 0.337 e. The van der Waals surface area contributed by atoms with Gasteiger partial charge >= 0.3 is 5.84 Å². The number of nitrogens with zero attached hydrogens (tertiary/aromatic N) is 3. The normalized spacial score (nSPS) is 14.2. The molecule has 4 nitrogen and oxygen atoms in total. The maximum Gasteiger partial charge on any atom is 0.458 e. The zero-order valence-electron chi connectivity index (χ0n) is 5.15. The van der Waals surface area contributed by atoms with Gasteiger partial charge in [-0.2, -0.15) is 4.67 Å². The molecule has 2 heterocycles. The van der Waals surface area contributed by atoms with Gasteiger partial charge < -0.3 is 4.98 Å². The molecule has 48 valence electrons. The zero-order chi connectivity index (χ0) is 6.81. The fourth-order valence-electron chi connectivity index (χ4n) is 0.751. The predicted octanol–water partition coefficient (Wildman–Crippen LogP) is -0.621. The van der Waals surface area contributed by atoms with Gasteiger partial charge in [0.2, 0.25) is 12.0 Å². The van der Waals surface area contributed by atoms with Crippen LogP contribution in [-0.4, -0.2) is 28.2 Å². The van der Waals surface area contributed by atoms with E-state index in [0.29, 0.717) is 11.7 Å². The Morgan fingerprint density at radius 3 is 3.10 bits per heavy atom. The first-order valence-corrected chi connectivity index (χ1v) is 2.90. The first kappa shape index (κ1) is 5.14. The Labute approximate surface area is 57.1 Å². The van der Waals surface area contributed by atoms with Crippen LogP contribution in [0.5, 0.6) is 0 Å². The molecule has 0 fully saturated rings. The van der Waals surface area contributed by atoms with Crippen molar-refractivity contribution in [1.82, 2.24) is 14.6 Å². The van der Waals surface area contributed by atoms with Crippen molar-refractivity contribution in [2.75, 3.05) is 0 Å². The molecule has 1 N–H and O–H groups in total. The van der Waals surface area contributed by atoms with Gasteiger partial charge in [-0.05, 0) is 4.99 Å². The van der Waals surface area contributed by atoms with Gasteiger partial charge in [0.15, 0.2) is 6.21 Å². The van der Waals surface area contributed by atoms with Crippen molar-refractivity contribution in [3.8, 4) is 0 Å². The van der Waals surface area contributed by atoms with Crippen LogP contribution in [-0.2, 0) is 0 Å². The molecule has 1 aromatic heterocycles. The lowest BCUT2D eigenvalue weighted by molar-refractivity contribution is 1.24. The Bertz CT molecular complexity index is 314. The highest BCUT2D eigenvalue weighted by Gasteiger charge is 2.16. The average Bonchev–Trinajstić information content (AvgIpc) is 2.59. The summed E-state index contributed by atoms with van der Waals surface area (Å²) in [4.78, 5) is 10.8. The third-order valence-electron chi connectivity index (χ3n) is 1.17. The summed E-state index contributed by atoms with van der Waals surface area (Å²) < 4.78 is 3.95. The molecule has 1 aromatic rings. The first-order valence-electron chi connectivity index (χ1n) is 2.90. The lowest BCUT2D eigenvalue weighted by atomic mass is 10.6. The van der Waals surface area contributed by atoms with Gasteiger partial charge in [-0.25, -0.2) is 4.98 Å². The van der Waals surface area contributed by atoms with Gasteiger partial charge in [-0.15, -0.1) is 0 Å². The van der Waals surface area contributed by atoms with Crippen molar-refractivity contribution in [2.24, 2.45) is 4.99 Å². The van der Waals surface area contributed by atoms with Crippen molar-refractivity contribution in [3.63, 3.8) is 0 Å². The fraction of sp³-hybridized carbons (Fsp3) is 0. The van der Waals surface area contributed by atoms with E-state index in [1.54, 1.807) is 24.8 Å². The molecule has 1 aliphatic rings. The van der Waals surface area contributed by atoms with Crippen molar-refractivity contribution in [3.05, 3.63) is 18.2 Å². The maximum atomic E-state index is 3.98. The number of imidazole rings is 1. The van der Waals surface area contributed by atoms with Crippen LogP contribution < -0.4 is 4.67 Å². The number of hydrogen-bond acceptors (Lipinski definition) is 2. The van der Waals surface area contributed by atoms with Crippen LogP contribution in [0, 0.1) is 0 Å². The summed E-state index contributed by atoms with van der Waals surface area (Å²) in [6, 6.07) is 0. The van der Waals surface area contributed by atoms with Crippen LogP contribution in [0.2, 0.25) is 0 Å². The number of rotatable bonds is 1. The summed E-state index contributed by atoms with van der Waals surface area (Å²) in [5, 5.41) is 0. The number of hydrogen-bond donors (Lipinski definition) is 1. The number of aliphatic imine (C=N–C) groups is 1. The van der Waals surface area contributed by atoms with Gasteiger partial charge in [0.05, 0.1) is 0 Å². The molecule has 0 bridgehead atoms. The van der Waals surface area contributed by atoms with Gasteiger partial charge in [0.25, 0.3) is 0 Å². The van der Waals surface area contributed by atoms with Crippen LogP contribution in [0.15, 0.2) is 17.4 Å². The minimum absolute atomic E-state index is 0.644. The third kappa shape index (κ3) is 0.674. The van der Waals surface area contributed by atoms with E-state index in [0.717, 1.165) is 0 Å². The Morgan fingerprint density at radius 1 is 1.50 bits per heavy atom. The van der Waals surface area contributed by atoms with E-state index in [-0.39, 0.29) is 0 Å². The number of amidine groups is 1. The summed E-state index contributed by atoms with van der Waals surface area (Å²) in [7, 11) is 0. The minimum atomic E-state index is 0.644. The molecular weight excluding hydrogens is 128 g/mol. The molecule has 2 rings (SSSR count). The molecule has 10 heavy (non-hydrogen) atoms. The molecule has 1 aliphatic heterocycles. The number of aromatic amines is 1. The second-order valence-corrected chi connectivity index (χ2v) is 1.82. The largest absolute Gasteiger partial charge is 0.458 e. The van der Waals surface area contributed by atoms with Crippen molar-refractivity contribution in [1.29, 1.82) is 0 Å². The van der Waals surface area contributed by atoms with Crippen LogP contribution >= 0.6 is 0 Å². The molecule has 4 heteroatoms. The SMILES string of the molecule is C1=NC(c2ncc[nH]2)=[N+]=C1. The summed E-state index contributed by atoms with van der Waals surface area (Å²) in [6.07, 6.45) is 6.69. The third-order valence-corrected chi connectivity index (χ3v) is 1.17. The fourth-order valence-corrected chi connectivity index (χ4v) is 0.751. The molecule has 0 amide bonds. The van der Waals surface area contributed by atoms with E-state index in [4.69, 9.17) is 0 Å². The van der Waals surface area contributed by atoms with E-state index in [9.17, 15) is 0 Å². The molecule has 0 aromatic carbocycles. The highest BCUT2D eigenvalue weighted by Crippen LogP contribution is 1.90. The van der Waals surface area contributed by atoms with Gasteiger partial charge in [0.1, 0.15) is 0 Å². The van der Waals surface area contributed by atoms with Gasteiger partial charge in [-0.1, -0.05) is 0 Å². The molecule has 0 atom stereocenters. The standard InChI is InChI=1S/C6H4N4/c1-2-8-5(7-1)6-9-3-4-10-6/h1-4H/p+1. The highest BCUT2D eigenvalue weighted by atomic mass is 15.0. The molecular formula is C6H5N4+. The highest BCUT2D eigenvalue weighted by molar-refractivity contribution is 6.25. The molecule has 0 aliphatic carbocycles. The van der Waals surface area contributed by atoms with Crippen LogP contribution in [0.1, 0.15) is 5.82 Å². The zero-order valence-corrected chi connectivity index (χ0v) is 5.15. The van der Waals surface area contributed by atoms with E-state index >= 15 is 0 Å². The Hall–Kier alpha value is -1.67. The van der Waals surface area contributed by atoms with Gasteiger partial charge in [-0.3, -0.25) is 0 Å². The lowest BCUT2D eigenvalue weighted by Crippen LogP contribution is -1.99. The van der Waals surface area contributed by atoms with Crippen molar-refractivity contribution < 1.29 is 0 Å². The minimum Gasteiger partial charge on any atom is -0.337 e.